The van der Waals surface area contributed by atoms with Crippen molar-refractivity contribution in [2.45, 2.75) is 39.7 Å². The van der Waals surface area contributed by atoms with Gasteiger partial charge in [0.25, 0.3) is 5.91 Å². The summed E-state index contributed by atoms with van der Waals surface area (Å²) >= 11 is 0. The molecule has 1 atom stereocenters. The van der Waals surface area contributed by atoms with Gasteiger partial charge in [0.1, 0.15) is 0 Å². The number of nitrogens with one attached hydrogen (secondary N) is 1. The molecule has 0 aliphatic rings. The van der Waals surface area contributed by atoms with Crippen LogP contribution in [0.2, 0.25) is 0 Å². The van der Waals surface area contributed by atoms with Crippen LogP contribution < -0.4 is 10.1 Å². The van der Waals surface area contributed by atoms with Gasteiger partial charge in [0.15, 0.2) is 12.3 Å². The van der Waals surface area contributed by atoms with Crippen molar-refractivity contribution in [3.05, 3.63) is 83.6 Å². The van der Waals surface area contributed by atoms with Crippen LogP contribution >= 0.6 is 0 Å². The molecule has 6 heteroatoms. The minimum absolute atomic E-state index is 0.0608. The van der Waals surface area contributed by atoms with E-state index in [4.69, 9.17) is 4.74 Å². The van der Waals surface area contributed by atoms with Crippen molar-refractivity contribution in [2.24, 2.45) is 0 Å². The highest BCUT2D eigenvalue weighted by Crippen LogP contribution is 2.26. The Bertz CT molecular complexity index is 1200. The number of nitrogens with zero attached hydrogens (tertiary/aromatic N) is 3. The van der Waals surface area contributed by atoms with Crippen LogP contribution in [-0.2, 0) is 11.2 Å². The summed E-state index contributed by atoms with van der Waals surface area (Å²) in [7, 11) is 0. The molecule has 1 amide bonds. The number of aryl methyl sites for hydroxylation is 3. The molecule has 164 valence electrons. The maximum atomic E-state index is 12.4. The number of pyridine rings is 1. The first kappa shape index (κ1) is 21.6. The Morgan fingerprint density at radius 1 is 1.06 bits per heavy atom. The summed E-state index contributed by atoms with van der Waals surface area (Å²) in [6.07, 6.45) is 1.79. The number of benzene rings is 2. The fourth-order valence-electron chi connectivity index (χ4n) is 3.85. The van der Waals surface area contributed by atoms with Gasteiger partial charge in [-0.1, -0.05) is 48.5 Å². The SMILES string of the molecule is Cc1cc(OCC(=O)N[C@H](C)CCc2ccccc2)nc2c1c(C)nn2-c1ccccc1. The highest BCUT2D eigenvalue weighted by Gasteiger charge is 2.16. The van der Waals surface area contributed by atoms with Gasteiger partial charge in [-0.25, -0.2) is 4.68 Å². The minimum atomic E-state index is -0.155. The first-order valence-corrected chi connectivity index (χ1v) is 10.9. The summed E-state index contributed by atoms with van der Waals surface area (Å²) in [6.45, 7) is 5.91. The van der Waals surface area contributed by atoms with Crippen LogP contribution in [0.5, 0.6) is 5.88 Å². The maximum absolute atomic E-state index is 12.4. The van der Waals surface area contributed by atoms with Crippen LogP contribution in [0.3, 0.4) is 0 Å². The van der Waals surface area contributed by atoms with E-state index in [-0.39, 0.29) is 18.6 Å². The number of carbonyl (C=O) groups excluding carboxylic acids is 1. The van der Waals surface area contributed by atoms with Crippen LogP contribution in [0.25, 0.3) is 16.7 Å². The number of hydrogen-bond donors (Lipinski definition) is 1. The third kappa shape index (κ3) is 4.97. The molecule has 4 rings (SSSR count). The van der Waals surface area contributed by atoms with Gasteiger partial charge in [0, 0.05) is 17.5 Å². The van der Waals surface area contributed by atoms with Gasteiger partial charge in [-0.2, -0.15) is 10.1 Å². The third-order valence-electron chi connectivity index (χ3n) is 5.45. The van der Waals surface area contributed by atoms with E-state index in [1.54, 1.807) is 0 Å². The molecular formula is C26H28N4O2. The van der Waals surface area contributed by atoms with Gasteiger partial charge in [0.05, 0.1) is 11.4 Å². The summed E-state index contributed by atoms with van der Waals surface area (Å²) in [4.78, 5) is 17.1. The van der Waals surface area contributed by atoms with Crippen molar-refractivity contribution in [1.29, 1.82) is 0 Å². The van der Waals surface area contributed by atoms with Gasteiger partial charge in [-0.15, -0.1) is 0 Å². The van der Waals surface area contributed by atoms with Crippen molar-refractivity contribution in [3.8, 4) is 11.6 Å². The zero-order chi connectivity index (χ0) is 22.5. The molecule has 4 aromatic rings. The fourth-order valence-corrected chi connectivity index (χ4v) is 3.85. The number of ether oxygens (including phenoxy) is 1. The Morgan fingerprint density at radius 3 is 2.47 bits per heavy atom. The van der Waals surface area contributed by atoms with Gasteiger partial charge in [0.2, 0.25) is 5.88 Å². The molecule has 0 aliphatic heterocycles. The molecule has 0 saturated carbocycles. The topological polar surface area (TPSA) is 69.0 Å². The van der Waals surface area contributed by atoms with Crippen LogP contribution in [0.15, 0.2) is 66.7 Å². The van der Waals surface area contributed by atoms with E-state index in [1.165, 1.54) is 5.56 Å². The number of para-hydroxylation sites is 1. The second-order valence-electron chi connectivity index (χ2n) is 8.09. The molecule has 2 heterocycles. The highest BCUT2D eigenvalue weighted by atomic mass is 16.5. The van der Waals surface area contributed by atoms with Gasteiger partial charge in [-0.3, -0.25) is 4.79 Å². The fraction of sp³-hybridized carbons (Fsp3) is 0.269. The van der Waals surface area contributed by atoms with E-state index in [2.05, 4.69) is 27.5 Å². The predicted octanol–water partition coefficient (Wildman–Crippen LogP) is 4.55. The lowest BCUT2D eigenvalue weighted by atomic mass is 10.1. The largest absolute Gasteiger partial charge is 0.468 e. The molecule has 0 fully saturated rings. The molecule has 0 unspecified atom stereocenters. The number of rotatable bonds is 8. The summed E-state index contributed by atoms with van der Waals surface area (Å²) in [5, 5.41) is 8.67. The van der Waals surface area contributed by atoms with Crippen molar-refractivity contribution < 1.29 is 9.53 Å². The second-order valence-corrected chi connectivity index (χ2v) is 8.09. The van der Waals surface area contributed by atoms with Gasteiger partial charge >= 0.3 is 0 Å². The van der Waals surface area contributed by atoms with Crippen molar-refractivity contribution in [1.82, 2.24) is 20.1 Å². The van der Waals surface area contributed by atoms with Gasteiger partial charge in [-0.05, 0) is 56.9 Å². The Hall–Kier alpha value is -3.67. The molecular weight excluding hydrogens is 400 g/mol. The normalized spacial score (nSPS) is 12.0. The van der Waals surface area contributed by atoms with Crippen LogP contribution in [0, 0.1) is 13.8 Å². The first-order valence-electron chi connectivity index (χ1n) is 10.9. The Balaban J connectivity index is 1.41. The lowest BCUT2D eigenvalue weighted by Gasteiger charge is -2.14. The molecule has 0 spiro atoms. The molecule has 32 heavy (non-hydrogen) atoms. The van der Waals surface area contributed by atoms with Crippen LogP contribution in [-0.4, -0.2) is 33.3 Å². The summed E-state index contributed by atoms with van der Waals surface area (Å²) in [5.41, 5.74) is 4.84. The number of carbonyl (C=O) groups is 1. The first-order chi connectivity index (χ1) is 15.5. The average molecular weight is 429 g/mol. The van der Waals surface area contributed by atoms with E-state index in [9.17, 15) is 4.79 Å². The standard InChI is InChI=1S/C26H28N4O2/c1-18-16-24(28-26-25(18)20(3)29-30(26)22-12-8-5-9-13-22)32-17-23(31)27-19(2)14-15-21-10-6-4-7-11-21/h4-13,16,19H,14-15,17H2,1-3H3,(H,27,31)/t19-/m1/s1. The average Bonchev–Trinajstić information content (AvgIpc) is 3.14. The molecule has 0 saturated heterocycles. The molecule has 0 aliphatic carbocycles. The minimum Gasteiger partial charge on any atom is -0.468 e. The Kier molecular flexibility index (Phi) is 6.50. The van der Waals surface area contributed by atoms with E-state index < -0.39 is 0 Å². The summed E-state index contributed by atoms with van der Waals surface area (Å²) < 4.78 is 7.57. The monoisotopic (exact) mass is 428 g/mol. The Labute approximate surface area is 188 Å². The third-order valence-corrected chi connectivity index (χ3v) is 5.45. The number of aromatic nitrogens is 3. The smallest absolute Gasteiger partial charge is 0.258 e. The van der Waals surface area contributed by atoms with E-state index in [1.807, 2.05) is 80.1 Å². The number of fused-ring (bicyclic) bond motifs is 1. The second kappa shape index (κ2) is 9.64. The quantitative estimate of drug-likeness (QED) is 0.447. The van der Waals surface area contributed by atoms with Crippen molar-refractivity contribution in [2.75, 3.05) is 6.61 Å². The predicted molar refractivity (Wildman–Crippen MR) is 126 cm³/mol. The summed E-state index contributed by atoms with van der Waals surface area (Å²) in [5.74, 6) is 0.261. The molecule has 0 radical (unpaired) electrons. The molecule has 6 nitrogen and oxygen atoms in total. The van der Waals surface area contributed by atoms with Crippen LogP contribution in [0.1, 0.15) is 30.2 Å². The number of amides is 1. The van der Waals surface area contributed by atoms with Crippen LogP contribution in [0.4, 0.5) is 0 Å². The van der Waals surface area contributed by atoms with E-state index >= 15 is 0 Å². The lowest BCUT2D eigenvalue weighted by Crippen LogP contribution is -2.36. The summed E-state index contributed by atoms with van der Waals surface area (Å²) in [6, 6.07) is 22.1. The zero-order valence-corrected chi connectivity index (χ0v) is 18.7. The highest BCUT2D eigenvalue weighted by molar-refractivity contribution is 5.84. The molecule has 0 bridgehead atoms. The van der Waals surface area contributed by atoms with Crippen molar-refractivity contribution >= 4 is 16.9 Å². The van der Waals surface area contributed by atoms with Crippen molar-refractivity contribution in [3.63, 3.8) is 0 Å². The Morgan fingerprint density at radius 2 is 1.75 bits per heavy atom. The van der Waals surface area contributed by atoms with E-state index in [0.29, 0.717) is 5.88 Å². The van der Waals surface area contributed by atoms with E-state index in [0.717, 1.165) is 40.8 Å². The molecule has 2 aromatic carbocycles. The number of hydrogen-bond acceptors (Lipinski definition) is 4. The lowest BCUT2D eigenvalue weighted by molar-refractivity contribution is -0.123. The molecule has 2 aromatic heterocycles. The maximum Gasteiger partial charge on any atom is 0.258 e. The zero-order valence-electron chi connectivity index (χ0n) is 18.7. The van der Waals surface area contributed by atoms with Gasteiger partial charge < -0.3 is 10.1 Å². The molecule has 1 N–H and O–H groups in total.